The van der Waals surface area contributed by atoms with E-state index in [1.807, 2.05) is 36.5 Å². The molecule has 25 heavy (non-hydrogen) atoms. The van der Waals surface area contributed by atoms with E-state index in [4.69, 9.17) is 0 Å². The van der Waals surface area contributed by atoms with Crippen molar-refractivity contribution in [1.29, 1.82) is 0 Å². The van der Waals surface area contributed by atoms with E-state index in [0.717, 1.165) is 28.2 Å². The molecule has 0 saturated heterocycles. The zero-order valence-corrected chi connectivity index (χ0v) is 13.0. The van der Waals surface area contributed by atoms with Gasteiger partial charge in [0.2, 0.25) is 5.91 Å². The molecule has 1 amide bonds. The van der Waals surface area contributed by atoms with Crippen molar-refractivity contribution >= 4 is 17.4 Å². The Hall–Kier alpha value is -3.55. The van der Waals surface area contributed by atoms with Crippen LogP contribution in [0.1, 0.15) is 23.5 Å². The number of rotatable bonds is 2. The van der Waals surface area contributed by atoms with Gasteiger partial charge in [-0.1, -0.05) is 6.07 Å². The lowest BCUT2D eigenvalue weighted by atomic mass is 9.85. The number of carbonyl (C=O) groups is 1. The van der Waals surface area contributed by atoms with E-state index in [2.05, 4.69) is 30.6 Å². The van der Waals surface area contributed by atoms with Gasteiger partial charge in [0.25, 0.3) is 0 Å². The molecule has 0 bridgehead atoms. The molecule has 0 radical (unpaired) electrons. The maximum Gasteiger partial charge on any atom is 0.226 e. The van der Waals surface area contributed by atoms with Gasteiger partial charge in [-0.15, -0.1) is 0 Å². The minimum Gasteiger partial charge on any atom is -0.309 e. The highest BCUT2D eigenvalue weighted by molar-refractivity contribution is 5.95. The number of aromatic nitrogens is 6. The number of aromatic amines is 1. The van der Waals surface area contributed by atoms with Crippen LogP contribution in [0.3, 0.4) is 0 Å². The van der Waals surface area contributed by atoms with E-state index in [1.54, 1.807) is 10.7 Å². The normalized spacial score (nSPS) is 16.6. The van der Waals surface area contributed by atoms with Gasteiger partial charge in [0.15, 0.2) is 11.5 Å². The Labute approximate surface area is 141 Å². The maximum atomic E-state index is 12.2. The van der Waals surface area contributed by atoms with Gasteiger partial charge >= 0.3 is 0 Å². The minimum atomic E-state index is -0.124. The van der Waals surface area contributed by atoms with Gasteiger partial charge < -0.3 is 5.32 Å². The van der Waals surface area contributed by atoms with Gasteiger partial charge in [0.05, 0.1) is 11.4 Å². The predicted octanol–water partition coefficient (Wildman–Crippen LogP) is 1.99. The van der Waals surface area contributed by atoms with Crippen LogP contribution in [0.2, 0.25) is 0 Å². The van der Waals surface area contributed by atoms with Gasteiger partial charge in [-0.25, -0.2) is 9.50 Å². The summed E-state index contributed by atoms with van der Waals surface area (Å²) in [6.45, 7) is 0. The first-order valence-corrected chi connectivity index (χ1v) is 7.88. The molecule has 0 aliphatic carbocycles. The molecule has 5 rings (SSSR count). The number of carbonyl (C=O) groups excluding carboxylic acids is 1. The van der Waals surface area contributed by atoms with E-state index in [-0.39, 0.29) is 11.8 Å². The smallest absolute Gasteiger partial charge is 0.226 e. The topological polar surface area (TPSA) is 101 Å². The number of fused-ring (bicyclic) bond motifs is 2. The summed E-state index contributed by atoms with van der Waals surface area (Å²) in [7, 11) is 0. The van der Waals surface area contributed by atoms with Gasteiger partial charge in [-0.05, 0) is 29.8 Å². The summed E-state index contributed by atoms with van der Waals surface area (Å²) < 4.78 is 1.70. The van der Waals surface area contributed by atoms with Gasteiger partial charge in [0.1, 0.15) is 6.33 Å². The fraction of sp³-hybridized carbons (Fsp3) is 0.118. The van der Waals surface area contributed by atoms with Crippen LogP contribution < -0.4 is 5.32 Å². The Kier molecular flexibility index (Phi) is 2.90. The van der Waals surface area contributed by atoms with Gasteiger partial charge in [0, 0.05) is 30.3 Å². The van der Waals surface area contributed by atoms with Crippen LogP contribution in [0.25, 0.3) is 17.0 Å². The molecular formula is C17H13N7O. The second kappa shape index (κ2) is 5.23. The third kappa shape index (κ3) is 2.18. The minimum absolute atomic E-state index is 0.0575. The molecule has 5 heterocycles. The molecule has 4 aromatic rings. The number of amides is 1. The summed E-state index contributed by atoms with van der Waals surface area (Å²) in [4.78, 5) is 20.8. The molecule has 4 aromatic heterocycles. The molecule has 1 atom stereocenters. The second-order valence-electron chi connectivity index (χ2n) is 5.90. The van der Waals surface area contributed by atoms with Gasteiger partial charge in [-0.3, -0.25) is 14.9 Å². The van der Waals surface area contributed by atoms with Crippen LogP contribution in [-0.4, -0.2) is 35.7 Å². The van der Waals surface area contributed by atoms with Gasteiger partial charge in [-0.2, -0.15) is 10.2 Å². The zero-order valence-electron chi connectivity index (χ0n) is 13.0. The molecule has 2 N–H and O–H groups in total. The number of pyridine rings is 2. The first kappa shape index (κ1) is 13.8. The van der Waals surface area contributed by atoms with Crippen LogP contribution in [-0.2, 0) is 4.79 Å². The number of anilines is 1. The lowest BCUT2D eigenvalue weighted by Crippen LogP contribution is -2.23. The van der Waals surface area contributed by atoms with Crippen molar-refractivity contribution in [2.75, 3.05) is 5.32 Å². The van der Waals surface area contributed by atoms with Crippen LogP contribution >= 0.6 is 0 Å². The summed E-state index contributed by atoms with van der Waals surface area (Å²) in [5.74, 6) is 0.377. The number of H-pyrrole nitrogens is 1. The summed E-state index contributed by atoms with van der Waals surface area (Å²) in [5, 5.41) is 14.3. The number of hydrogen-bond acceptors (Lipinski definition) is 5. The summed E-state index contributed by atoms with van der Waals surface area (Å²) in [6, 6.07) is 9.63. The first-order valence-electron chi connectivity index (χ1n) is 7.88. The van der Waals surface area contributed by atoms with E-state index >= 15 is 0 Å². The molecule has 0 aromatic carbocycles. The lowest BCUT2D eigenvalue weighted by molar-refractivity contribution is -0.116. The summed E-state index contributed by atoms with van der Waals surface area (Å²) in [5.41, 5.74) is 4.30. The van der Waals surface area contributed by atoms with Crippen molar-refractivity contribution in [3.63, 3.8) is 0 Å². The van der Waals surface area contributed by atoms with Crippen molar-refractivity contribution in [1.82, 2.24) is 29.8 Å². The molecule has 1 aliphatic heterocycles. The van der Waals surface area contributed by atoms with Crippen LogP contribution in [0.5, 0.6) is 0 Å². The van der Waals surface area contributed by atoms with Crippen molar-refractivity contribution in [2.24, 2.45) is 0 Å². The highest BCUT2D eigenvalue weighted by Crippen LogP contribution is 2.41. The van der Waals surface area contributed by atoms with Crippen molar-refractivity contribution in [2.45, 2.75) is 12.3 Å². The Balaban J connectivity index is 1.69. The van der Waals surface area contributed by atoms with Crippen molar-refractivity contribution in [3.05, 3.63) is 60.2 Å². The SMILES string of the molecule is O=C1CC(c2ccn3ncnc3c2)c2c(n[nH]c2-c2ccccn2)N1. The van der Waals surface area contributed by atoms with E-state index < -0.39 is 0 Å². The molecule has 0 saturated carbocycles. The molecule has 0 fully saturated rings. The number of nitrogens with zero attached hydrogens (tertiary/aromatic N) is 5. The van der Waals surface area contributed by atoms with E-state index in [1.165, 1.54) is 6.33 Å². The maximum absolute atomic E-state index is 12.2. The monoisotopic (exact) mass is 331 g/mol. The average Bonchev–Trinajstić information content (AvgIpc) is 3.27. The van der Waals surface area contributed by atoms with Crippen LogP contribution in [0, 0.1) is 0 Å². The largest absolute Gasteiger partial charge is 0.309 e. The highest BCUT2D eigenvalue weighted by atomic mass is 16.1. The molecule has 1 aliphatic rings. The average molecular weight is 331 g/mol. The molecular weight excluding hydrogens is 318 g/mol. The summed E-state index contributed by atoms with van der Waals surface area (Å²) in [6.07, 6.45) is 5.44. The third-order valence-electron chi connectivity index (χ3n) is 4.43. The fourth-order valence-corrected chi connectivity index (χ4v) is 3.29. The highest BCUT2D eigenvalue weighted by Gasteiger charge is 2.32. The molecule has 8 nitrogen and oxygen atoms in total. The zero-order chi connectivity index (χ0) is 16.8. The molecule has 122 valence electrons. The fourth-order valence-electron chi connectivity index (χ4n) is 3.29. The number of nitrogens with one attached hydrogen (secondary N) is 2. The van der Waals surface area contributed by atoms with E-state index in [9.17, 15) is 4.79 Å². The van der Waals surface area contributed by atoms with Crippen molar-refractivity contribution in [3.8, 4) is 11.4 Å². The second-order valence-corrected chi connectivity index (χ2v) is 5.90. The third-order valence-corrected chi connectivity index (χ3v) is 4.43. The molecule has 0 spiro atoms. The molecule has 8 heteroatoms. The Morgan fingerprint density at radius 2 is 2.16 bits per heavy atom. The Morgan fingerprint density at radius 3 is 3.04 bits per heavy atom. The van der Waals surface area contributed by atoms with E-state index in [0.29, 0.717) is 12.2 Å². The standard InChI is InChI=1S/C17H13N7O/c25-14-8-11(10-4-6-24-13(7-10)19-9-20-24)15-16(22-23-17(15)21-14)12-3-1-2-5-18-12/h1-7,9,11H,8H2,(H2,21,22,23,25). The first-order chi connectivity index (χ1) is 12.3. The quantitative estimate of drug-likeness (QED) is 0.585. The van der Waals surface area contributed by atoms with Crippen LogP contribution in [0.15, 0.2) is 49.1 Å². The predicted molar refractivity (Wildman–Crippen MR) is 89.9 cm³/mol. The summed E-state index contributed by atoms with van der Waals surface area (Å²) >= 11 is 0. The molecule has 1 unspecified atom stereocenters. The van der Waals surface area contributed by atoms with Crippen molar-refractivity contribution < 1.29 is 4.79 Å². The lowest BCUT2D eigenvalue weighted by Gasteiger charge is -2.23. The Morgan fingerprint density at radius 1 is 1.20 bits per heavy atom. The number of hydrogen-bond donors (Lipinski definition) is 2. The Bertz CT molecular complexity index is 1080. The van der Waals surface area contributed by atoms with Crippen LogP contribution in [0.4, 0.5) is 5.82 Å².